The number of benzene rings is 3. The lowest BCUT2D eigenvalue weighted by Crippen LogP contribution is -2.01. The van der Waals surface area contributed by atoms with Crippen LogP contribution in [0.25, 0.3) is 27.4 Å². The van der Waals surface area contributed by atoms with Crippen molar-refractivity contribution in [1.29, 1.82) is 0 Å². The normalized spacial score (nSPS) is 11.0. The molecular weight excluding hydrogens is 300 g/mol. The van der Waals surface area contributed by atoms with Crippen molar-refractivity contribution in [1.82, 2.24) is 9.78 Å². The molecule has 0 amide bonds. The highest BCUT2D eigenvalue weighted by Crippen LogP contribution is 2.32. The molecule has 0 radical (unpaired) electrons. The highest BCUT2D eigenvalue weighted by Gasteiger charge is 2.15. The summed E-state index contributed by atoms with van der Waals surface area (Å²) in [6.45, 7) is 2.47. The van der Waals surface area contributed by atoms with E-state index >= 15 is 0 Å². The van der Waals surface area contributed by atoms with Gasteiger partial charge in [-0.3, -0.25) is 4.79 Å². The number of hydrogen-bond acceptors (Lipinski definition) is 3. The maximum atomic E-state index is 11.4. The summed E-state index contributed by atoms with van der Waals surface area (Å²) in [6, 6.07) is 19.8. The molecule has 0 saturated heterocycles. The molecule has 4 aromatic rings. The quantitative estimate of drug-likeness (QED) is 0.524. The monoisotopic (exact) mass is 316 g/mol. The molecule has 3 aromatic carbocycles. The minimum Gasteiger partial charge on any atom is -0.476 e. The molecule has 0 aliphatic heterocycles. The Kier molecular flexibility index (Phi) is 3.50. The van der Waals surface area contributed by atoms with E-state index in [0.29, 0.717) is 18.1 Å². The first kappa shape index (κ1) is 14.5. The first-order valence-corrected chi connectivity index (χ1v) is 7.90. The molecule has 4 heteroatoms. The van der Waals surface area contributed by atoms with Crippen molar-refractivity contribution < 1.29 is 9.53 Å². The molecule has 0 spiro atoms. The van der Waals surface area contributed by atoms with Crippen molar-refractivity contribution in [3.8, 4) is 11.6 Å². The Balaban J connectivity index is 2.08. The van der Waals surface area contributed by atoms with Gasteiger partial charge in [-0.15, -0.1) is 5.10 Å². The van der Waals surface area contributed by atoms with Crippen LogP contribution in [0.2, 0.25) is 0 Å². The molecular formula is C20H16N2O2. The molecule has 0 bridgehead atoms. The summed E-state index contributed by atoms with van der Waals surface area (Å²) >= 11 is 0. The fourth-order valence-corrected chi connectivity index (χ4v) is 2.98. The highest BCUT2D eigenvalue weighted by atomic mass is 16.5. The number of ether oxygens (including phenoxy) is 1. The summed E-state index contributed by atoms with van der Waals surface area (Å²) in [5.41, 5.74) is 2.27. The minimum absolute atomic E-state index is 0.536. The fourth-order valence-electron chi connectivity index (χ4n) is 2.98. The second-order valence-electron chi connectivity index (χ2n) is 5.54. The van der Waals surface area contributed by atoms with Gasteiger partial charge in [-0.05, 0) is 42.0 Å². The largest absolute Gasteiger partial charge is 0.476 e. The van der Waals surface area contributed by atoms with E-state index in [1.165, 1.54) is 0 Å². The molecule has 118 valence electrons. The fraction of sp³-hybridized carbons (Fsp3) is 0.100. The topological polar surface area (TPSA) is 44.1 Å². The molecule has 4 rings (SSSR count). The first-order valence-electron chi connectivity index (χ1n) is 7.90. The lowest BCUT2D eigenvalue weighted by Gasteiger charge is -2.06. The van der Waals surface area contributed by atoms with Gasteiger partial charge >= 0.3 is 0 Å². The summed E-state index contributed by atoms with van der Waals surface area (Å²) in [7, 11) is 0. The molecule has 0 N–H and O–H groups in total. The second-order valence-corrected chi connectivity index (χ2v) is 5.54. The van der Waals surface area contributed by atoms with Crippen LogP contribution in [-0.2, 0) is 0 Å². The smallest absolute Gasteiger partial charge is 0.241 e. The van der Waals surface area contributed by atoms with Gasteiger partial charge < -0.3 is 4.74 Å². The highest BCUT2D eigenvalue weighted by molar-refractivity contribution is 6.00. The number of aromatic nitrogens is 2. The number of carbonyl (C=O) groups is 1. The van der Waals surface area contributed by atoms with Crippen molar-refractivity contribution in [2.45, 2.75) is 6.92 Å². The van der Waals surface area contributed by atoms with E-state index in [9.17, 15) is 4.79 Å². The van der Waals surface area contributed by atoms with Gasteiger partial charge in [-0.1, -0.05) is 36.4 Å². The lowest BCUT2D eigenvalue weighted by molar-refractivity contribution is 0.112. The zero-order valence-corrected chi connectivity index (χ0v) is 13.3. The molecule has 0 saturated carbocycles. The molecule has 1 heterocycles. The van der Waals surface area contributed by atoms with Gasteiger partial charge in [-0.25, -0.2) is 4.68 Å². The molecule has 0 fully saturated rings. The predicted molar refractivity (Wildman–Crippen MR) is 95.1 cm³/mol. The maximum Gasteiger partial charge on any atom is 0.241 e. The summed E-state index contributed by atoms with van der Waals surface area (Å²) in [5, 5.41) is 7.81. The van der Waals surface area contributed by atoms with E-state index in [0.717, 1.165) is 33.6 Å². The van der Waals surface area contributed by atoms with Crippen molar-refractivity contribution in [2.24, 2.45) is 0 Å². The molecule has 1 aromatic heterocycles. The van der Waals surface area contributed by atoms with Crippen molar-refractivity contribution in [3.05, 3.63) is 66.2 Å². The summed E-state index contributed by atoms with van der Waals surface area (Å²) in [4.78, 5) is 11.4. The first-order chi connectivity index (χ1) is 11.8. The second kappa shape index (κ2) is 5.81. The predicted octanol–water partition coefficient (Wildman–Crippen LogP) is 4.39. The Labute approximate surface area is 139 Å². The zero-order valence-electron chi connectivity index (χ0n) is 13.3. The number of nitrogens with zero attached hydrogens (tertiary/aromatic N) is 2. The van der Waals surface area contributed by atoms with Crippen LogP contribution in [-0.4, -0.2) is 22.7 Å². The standard InChI is InChI=1S/C20H16N2O2/c1-2-24-20-17-11-14-7-3-4-8-15(14)12-19(17)22(21-20)18-10-6-5-9-16(18)13-23/h3-13H,2H2,1H3. The van der Waals surface area contributed by atoms with Gasteiger partial charge in [-0.2, -0.15) is 0 Å². The maximum absolute atomic E-state index is 11.4. The van der Waals surface area contributed by atoms with Crippen LogP contribution in [0.15, 0.2) is 60.7 Å². The van der Waals surface area contributed by atoms with Gasteiger partial charge in [0, 0.05) is 5.56 Å². The van der Waals surface area contributed by atoms with Gasteiger partial charge in [0.25, 0.3) is 0 Å². The third-order valence-corrected chi connectivity index (χ3v) is 4.09. The van der Waals surface area contributed by atoms with Crippen LogP contribution in [0.1, 0.15) is 17.3 Å². The van der Waals surface area contributed by atoms with Crippen molar-refractivity contribution >= 4 is 28.0 Å². The van der Waals surface area contributed by atoms with Crippen molar-refractivity contribution in [2.75, 3.05) is 6.61 Å². The van der Waals surface area contributed by atoms with E-state index < -0.39 is 0 Å². The zero-order chi connectivity index (χ0) is 16.5. The van der Waals surface area contributed by atoms with Crippen LogP contribution in [0.5, 0.6) is 5.88 Å². The van der Waals surface area contributed by atoms with Crippen LogP contribution < -0.4 is 4.74 Å². The van der Waals surface area contributed by atoms with Gasteiger partial charge in [0.05, 0.1) is 23.2 Å². The summed E-state index contributed by atoms with van der Waals surface area (Å²) in [5.74, 6) is 0.582. The van der Waals surface area contributed by atoms with Crippen LogP contribution in [0.4, 0.5) is 0 Å². The van der Waals surface area contributed by atoms with Gasteiger partial charge in [0.1, 0.15) is 0 Å². The van der Waals surface area contributed by atoms with Gasteiger partial charge in [0.15, 0.2) is 6.29 Å². The molecule has 0 aliphatic carbocycles. The van der Waals surface area contributed by atoms with E-state index in [2.05, 4.69) is 29.4 Å². The van der Waals surface area contributed by atoms with E-state index in [1.807, 2.05) is 37.3 Å². The van der Waals surface area contributed by atoms with Gasteiger partial charge in [0.2, 0.25) is 5.88 Å². The summed E-state index contributed by atoms with van der Waals surface area (Å²) in [6.07, 6.45) is 0.851. The number of carbonyl (C=O) groups excluding carboxylic acids is 1. The number of aldehydes is 1. The van der Waals surface area contributed by atoms with E-state index in [1.54, 1.807) is 10.7 Å². The van der Waals surface area contributed by atoms with E-state index in [-0.39, 0.29) is 0 Å². The Morgan fingerprint density at radius 1 is 1.04 bits per heavy atom. The molecule has 24 heavy (non-hydrogen) atoms. The molecule has 4 nitrogen and oxygen atoms in total. The Morgan fingerprint density at radius 3 is 2.50 bits per heavy atom. The number of hydrogen-bond donors (Lipinski definition) is 0. The van der Waals surface area contributed by atoms with Crippen LogP contribution >= 0.6 is 0 Å². The number of fused-ring (bicyclic) bond motifs is 2. The third kappa shape index (κ3) is 2.24. The van der Waals surface area contributed by atoms with Crippen LogP contribution in [0, 0.1) is 0 Å². The SMILES string of the molecule is CCOc1nn(-c2ccccc2C=O)c2cc3ccccc3cc12. The summed E-state index contributed by atoms with van der Waals surface area (Å²) < 4.78 is 7.51. The van der Waals surface area contributed by atoms with Crippen LogP contribution in [0.3, 0.4) is 0 Å². The minimum atomic E-state index is 0.536. The Morgan fingerprint density at radius 2 is 1.75 bits per heavy atom. The number of rotatable bonds is 4. The molecule has 0 aliphatic rings. The third-order valence-electron chi connectivity index (χ3n) is 4.09. The lowest BCUT2D eigenvalue weighted by atomic mass is 10.1. The Hall–Kier alpha value is -3.14. The average Bonchev–Trinajstić information content (AvgIpc) is 2.97. The number of para-hydroxylation sites is 1. The average molecular weight is 316 g/mol. The molecule has 0 atom stereocenters. The van der Waals surface area contributed by atoms with Crippen molar-refractivity contribution in [3.63, 3.8) is 0 Å². The Bertz CT molecular complexity index is 1050. The van der Waals surface area contributed by atoms with E-state index in [4.69, 9.17) is 4.74 Å². The molecule has 0 unspecified atom stereocenters.